The lowest BCUT2D eigenvalue weighted by molar-refractivity contribution is 0.116. The third kappa shape index (κ3) is 3.67. The Morgan fingerprint density at radius 1 is 1.43 bits per heavy atom. The van der Waals surface area contributed by atoms with E-state index in [1.165, 1.54) is 12.8 Å². The van der Waals surface area contributed by atoms with Crippen LogP contribution in [0.25, 0.3) is 0 Å². The standard InChI is InChI=1S/C16H25N3O2/c1-11-4-5-12(2)19(9-11)10-14-8-13(16(17)18-20)6-7-15(14)21-3/h6-8,11-12,20H,4-5,9-10H2,1-3H3,(H2,17,18). The van der Waals surface area contributed by atoms with Crippen LogP contribution in [-0.2, 0) is 6.54 Å². The molecule has 0 aromatic heterocycles. The molecule has 21 heavy (non-hydrogen) atoms. The SMILES string of the molecule is COc1ccc(/C(N)=N/O)cc1CN1CC(C)CCC1C. The Bertz CT molecular complexity index is 516. The van der Waals surface area contributed by atoms with Gasteiger partial charge in [0.15, 0.2) is 5.84 Å². The number of nitrogens with two attached hydrogens (primary N) is 1. The molecule has 1 aromatic carbocycles. The van der Waals surface area contributed by atoms with Crippen molar-refractivity contribution in [2.45, 2.75) is 39.3 Å². The number of rotatable bonds is 4. The fourth-order valence-corrected chi connectivity index (χ4v) is 2.94. The molecule has 1 aromatic rings. The van der Waals surface area contributed by atoms with E-state index >= 15 is 0 Å². The molecule has 0 aliphatic carbocycles. The zero-order valence-electron chi connectivity index (χ0n) is 13.0. The molecule has 1 fully saturated rings. The first-order chi connectivity index (χ1) is 10.0. The van der Waals surface area contributed by atoms with Crippen LogP contribution in [0.2, 0.25) is 0 Å². The molecule has 1 heterocycles. The van der Waals surface area contributed by atoms with Crippen molar-refractivity contribution >= 4 is 5.84 Å². The summed E-state index contributed by atoms with van der Waals surface area (Å²) in [6.07, 6.45) is 2.52. The van der Waals surface area contributed by atoms with Crippen LogP contribution in [-0.4, -0.2) is 35.6 Å². The van der Waals surface area contributed by atoms with Gasteiger partial charge in [-0.1, -0.05) is 12.1 Å². The van der Waals surface area contributed by atoms with E-state index in [4.69, 9.17) is 15.7 Å². The first-order valence-corrected chi connectivity index (χ1v) is 7.44. The number of nitrogens with zero attached hydrogens (tertiary/aromatic N) is 2. The summed E-state index contributed by atoms with van der Waals surface area (Å²) in [4.78, 5) is 2.47. The molecule has 116 valence electrons. The molecule has 0 radical (unpaired) electrons. The molecule has 1 aliphatic heterocycles. The lowest BCUT2D eigenvalue weighted by Crippen LogP contribution is -2.40. The summed E-state index contributed by atoms with van der Waals surface area (Å²) < 4.78 is 5.45. The summed E-state index contributed by atoms with van der Waals surface area (Å²) in [6, 6.07) is 6.19. The van der Waals surface area contributed by atoms with Gasteiger partial charge in [-0.05, 0) is 43.9 Å². The van der Waals surface area contributed by atoms with Crippen molar-refractivity contribution in [1.29, 1.82) is 0 Å². The summed E-state index contributed by atoms with van der Waals surface area (Å²) in [5.74, 6) is 1.69. The molecule has 2 rings (SSSR count). The molecular formula is C16H25N3O2. The molecule has 1 saturated heterocycles. The molecule has 2 unspecified atom stereocenters. The normalized spacial score (nSPS) is 24.0. The van der Waals surface area contributed by atoms with Crippen LogP contribution < -0.4 is 10.5 Å². The minimum Gasteiger partial charge on any atom is -0.496 e. The average Bonchev–Trinajstić information content (AvgIpc) is 2.50. The largest absolute Gasteiger partial charge is 0.496 e. The van der Waals surface area contributed by atoms with Crippen LogP contribution in [0.3, 0.4) is 0 Å². The number of amidine groups is 1. The maximum Gasteiger partial charge on any atom is 0.170 e. The lowest BCUT2D eigenvalue weighted by Gasteiger charge is -2.37. The second-order valence-electron chi connectivity index (χ2n) is 5.97. The quantitative estimate of drug-likeness (QED) is 0.387. The van der Waals surface area contributed by atoms with Crippen molar-refractivity contribution in [3.63, 3.8) is 0 Å². The fraction of sp³-hybridized carbons (Fsp3) is 0.562. The summed E-state index contributed by atoms with van der Waals surface area (Å²) in [7, 11) is 1.67. The highest BCUT2D eigenvalue weighted by molar-refractivity contribution is 5.97. The topological polar surface area (TPSA) is 71.1 Å². The van der Waals surface area contributed by atoms with Gasteiger partial charge in [-0.3, -0.25) is 4.90 Å². The molecule has 3 N–H and O–H groups in total. The van der Waals surface area contributed by atoms with Gasteiger partial charge >= 0.3 is 0 Å². The number of hydrogen-bond acceptors (Lipinski definition) is 4. The number of likely N-dealkylation sites (tertiary alicyclic amines) is 1. The van der Waals surface area contributed by atoms with Gasteiger partial charge in [-0.2, -0.15) is 0 Å². The van der Waals surface area contributed by atoms with E-state index in [1.54, 1.807) is 13.2 Å². The fourth-order valence-electron chi connectivity index (χ4n) is 2.94. The Morgan fingerprint density at radius 2 is 2.19 bits per heavy atom. The van der Waals surface area contributed by atoms with E-state index < -0.39 is 0 Å². The Morgan fingerprint density at radius 3 is 2.86 bits per heavy atom. The summed E-state index contributed by atoms with van der Waals surface area (Å²) >= 11 is 0. The molecule has 1 aliphatic rings. The molecule has 0 amide bonds. The Kier molecular flexibility index (Phi) is 5.07. The van der Waals surface area contributed by atoms with E-state index in [0.717, 1.165) is 30.3 Å². The number of methoxy groups -OCH3 is 1. The van der Waals surface area contributed by atoms with Crippen LogP contribution >= 0.6 is 0 Å². The molecule has 0 bridgehead atoms. The van der Waals surface area contributed by atoms with Gasteiger partial charge in [0.1, 0.15) is 5.75 Å². The number of hydrogen-bond donors (Lipinski definition) is 2. The van der Waals surface area contributed by atoms with Gasteiger partial charge in [-0.15, -0.1) is 0 Å². The van der Waals surface area contributed by atoms with E-state index in [-0.39, 0.29) is 5.84 Å². The second kappa shape index (κ2) is 6.80. The maximum atomic E-state index is 8.83. The number of benzene rings is 1. The molecule has 5 heteroatoms. The van der Waals surface area contributed by atoms with E-state index in [9.17, 15) is 0 Å². The minimum absolute atomic E-state index is 0.124. The highest BCUT2D eigenvalue weighted by atomic mass is 16.5. The van der Waals surface area contributed by atoms with Crippen molar-refractivity contribution in [2.75, 3.05) is 13.7 Å². The summed E-state index contributed by atoms with van der Waals surface area (Å²) in [6.45, 7) is 6.48. The number of piperidine rings is 1. The monoisotopic (exact) mass is 291 g/mol. The third-order valence-electron chi connectivity index (χ3n) is 4.30. The summed E-state index contributed by atoms with van der Waals surface area (Å²) in [5.41, 5.74) is 7.47. The van der Waals surface area contributed by atoms with Crippen LogP contribution in [0, 0.1) is 5.92 Å². The number of ether oxygens (including phenoxy) is 1. The first kappa shape index (κ1) is 15.6. The Balaban J connectivity index is 2.24. The lowest BCUT2D eigenvalue weighted by atomic mass is 9.94. The zero-order chi connectivity index (χ0) is 15.4. The predicted molar refractivity (Wildman–Crippen MR) is 83.8 cm³/mol. The maximum absolute atomic E-state index is 8.83. The molecule has 0 spiro atoms. The molecule has 5 nitrogen and oxygen atoms in total. The first-order valence-electron chi connectivity index (χ1n) is 7.44. The Labute approximate surface area is 126 Å². The van der Waals surface area contributed by atoms with Crippen LogP contribution in [0.5, 0.6) is 5.75 Å². The van der Waals surface area contributed by atoms with Gasteiger partial charge in [-0.25, -0.2) is 0 Å². The third-order valence-corrected chi connectivity index (χ3v) is 4.30. The van der Waals surface area contributed by atoms with E-state index in [2.05, 4.69) is 23.9 Å². The number of oxime groups is 1. The van der Waals surface area contributed by atoms with Crippen LogP contribution in [0.1, 0.15) is 37.8 Å². The highest BCUT2D eigenvalue weighted by Gasteiger charge is 2.23. The highest BCUT2D eigenvalue weighted by Crippen LogP contribution is 2.27. The van der Waals surface area contributed by atoms with Crippen molar-refractivity contribution in [2.24, 2.45) is 16.8 Å². The van der Waals surface area contributed by atoms with Crippen molar-refractivity contribution < 1.29 is 9.94 Å². The van der Waals surface area contributed by atoms with Gasteiger partial charge in [0.2, 0.25) is 0 Å². The molecule has 0 saturated carbocycles. The van der Waals surface area contributed by atoms with Gasteiger partial charge < -0.3 is 15.7 Å². The smallest absolute Gasteiger partial charge is 0.170 e. The van der Waals surface area contributed by atoms with Gasteiger partial charge in [0.25, 0.3) is 0 Å². The van der Waals surface area contributed by atoms with Crippen LogP contribution in [0.4, 0.5) is 0 Å². The summed E-state index contributed by atoms with van der Waals surface area (Å²) in [5, 5.41) is 11.9. The van der Waals surface area contributed by atoms with Gasteiger partial charge in [0, 0.05) is 30.3 Å². The molecular weight excluding hydrogens is 266 g/mol. The molecule has 2 atom stereocenters. The van der Waals surface area contributed by atoms with Gasteiger partial charge in [0.05, 0.1) is 7.11 Å². The Hall–Kier alpha value is -1.75. The minimum atomic E-state index is 0.124. The van der Waals surface area contributed by atoms with Crippen molar-refractivity contribution in [1.82, 2.24) is 4.90 Å². The van der Waals surface area contributed by atoms with E-state index in [1.807, 2.05) is 12.1 Å². The average molecular weight is 291 g/mol. The predicted octanol–water partition coefficient (Wildman–Crippen LogP) is 2.41. The zero-order valence-corrected chi connectivity index (χ0v) is 13.0. The van der Waals surface area contributed by atoms with Crippen molar-refractivity contribution in [3.05, 3.63) is 29.3 Å². The second-order valence-corrected chi connectivity index (χ2v) is 5.97. The van der Waals surface area contributed by atoms with E-state index in [0.29, 0.717) is 11.6 Å². The van der Waals surface area contributed by atoms with Crippen molar-refractivity contribution in [3.8, 4) is 5.75 Å². The van der Waals surface area contributed by atoms with Crippen LogP contribution in [0.15, 0.2) is 23.4 Å².